The molecule has 1 nitrogen and oxygen atoms in total. The molecule has 0 radical (unpaired) electrons. The molecule has 2 rings (SSSR count). The average Bonchev–Trinajstić information content (AvgIpc) is 2.29. The van der Waals surface area contributed by atoms with Gasteiger partial charge in [0, 0.05) is 10.6 Å². The number of benzene rings is 2. The van der Waals surface area contributed by atoms with Gasteiger partial charge in [-0.15, -0.1) is 0 Å². The molecule has 19 heavy (non-hydrogen) atoms. The Morgan fingerprint density at radius 3 is 1.95 bits per heavy atom. The van der Waals surface area contributed by atoms with Gasteiger partial charge in [-0.2, -0.15) is 0 Å². The van der Waals surface area contributed by atoms with Crippen LogP contribution >= 0.6 is 58.0 Å². The molecule has 98 valence electrons. The molecule has 0 aliphatic carbocycles. The highest BCUT2D eigenvalue weighted by Gasteiger charge is 2.14. The lowest BCUT2D eigenvalue weighted by Crippen LogP contribution is -1.92. The zero-order chi connectivity index (χ0) is 14.2. The predicted octanol–water partition coefficient (Wildman–Crippen LogP) is 6.35. The van der Waals surface area contributed by atoms with Gasteiger partial charge in [-0.05, 0) is 41.4 Å². The van der Waals surface area contributed by atoms with Gasteiger partial charge in [0.1, 0.15) is 0 Å². The maximum Gasteiger partial charge on any atom is 0.253 e. The van der Waals surface area contributed by atoms with Crippen LogP contribution in [-0.2, 0) is 0 Å². The van der Waals surface area contributed by atoms with Gasteiger partial charge < -0.3 is 0 Å². The molecule has 0 fully saturated rings. The summed E-state index contributed by atoms with van der Waals surface area (Å²) in [4.78, 5) is 11.3. The Morgan fingerprint density at radius 1 is 0.842 bits per heavy atom. The third kappa shape index (κ3) is 3.18. The van der Waals surface area contributed by atoms with Crippen molar-refractivity contribution < 1.29 is 4.79 Å². The lowest BCUT2D eigenvalue weighted by atomic mass is 10.0. The molecule has 0 aliphatic heterocycles. The fraction of sp³-hybridized carbons (Fsp3) is 0. The van der Waals surface area contributed by atoms with E-state index in [0.717, 1.165) is 0 Å². The zero-order valence-electron chi connectivity index (χ0n) is 9.18. The van der Waals surface area contributed by atoms with E-state index in [9.17, 15) is 4.79 Å². The van der Waals surface area contributed by atoms with E-state index in [2.05, 4.69) is 0 Å². The van der Waals surface area contributed by atoms with Crippen molar-refractivity contribution in [2.45, 2.75) is 0 Å². The third-order valence-corrected chi connectivity index (χ3v) is 3.82. The van der Waals surface area contributed by atoms with Crippen LogP contribution in [0.15, 0.2) is 30.3 Å². The van der Waals surface area contributed by atoms with Crippen LogP contribution in [-0.4, -0.2) is 5.24 Å². The maximum atomic E-state index is 11.3. The summed E-state index contributed by atoms with van der Waals surface area (Å²) in [5.74, 6) is 0. The van der Waals surface area contributed by atoms with Crippen LogP contribution in [0.4, 0.5) is 0 Å². The lowest BCUT2D eigenvalue weighted by molar-refractivity contribution is 0.108. The number of hydrogen-bond acceptors (Lipinski definition) is 1. The van der Waals surface area contributed by atoms with Gasteiger partial charge in [0.15, 0.2) is 0 Å². The monoisotopic (exact) mass is 352 g/mol. The van der Waals surface area contributed by atoms with E-state index < -0.39 is 5.24 Å². The van der Waals surface area contributed by atoms with Crippen molar-refractivity contribution in [3.05, 3.63) is 56.0 Å². The summed E-state index contributed by atoms with van der Waals surface area (Å²) in [6.07, 6.45) is 0. The smallest absolute Gasteiger partial charge is 0.253 e. The minimum atomic E-state index is -0.645. The first-order chi connectivity index (χ1) is 8.90. The molecule has 0 aromatic heterocycles. The fourth-order valence-corrected chi connectivity index (χ4v) is 3.09. The SMILES string of the molecule is O=C(Cl)c1cc(-c2c(Cl)cc(Cl)cc2Cl)ccc1Cl. The molecule has 2 aromatic carbocycles. The van der Waals surface area contributed by atoms with Crippen molar-refractivity contribution in [2.75, 3.05) is 0 Å². The summed E-state index contributed by atoms with van der Waals surface area (Å²) in [7, 11) is 0. The summed E-state index contributed by atoms with van der Waals surface area (Å²) in [6.45, 7) is 0. The molecule has 6 heteroatoms. The molecule has 0 heterocycles. The highest BCUT2D eigenvalue weighted by atomic mass is 35.5. The van der Waals surface area contributed by atoms with E-state index >= 15 is 0 Å². The van der Waals surface area contributed by atoms with E-state index in [1.165, 1.54) is 0 Å². The zero-order valence-corrected chi connectivity index (χ0v) is 13.0. The van der Waals surface area contributed by atoms with E-state index in [1.54, 1.807) is 30.3 Å². The van der Waals surface area contributed by atoms with E-state index in [4.69, 9.17) is 58.0 Å². The number of carbonyl (C=O) groups excluding carboxylic acids is 1. The van der Waals surface area contributed by atoms with Gasteiger partial charge in [0.25, 0.3) is 5.24 Å². The van der Waals surface area contributed by atoms with Crippen molar-refractivity contribution in [2.24, 2.45) is 0 Å². The Kier molecular flexibility index (Phi) is 4.65. The van der Waals surface area contributed by atoms with Crippen LogP contribution in [0.2, 0.25) is 20.1 Å². The second kappa shape index (κ2) is 5.90. The van der Waals surface area contributed by atoms with E-state index in [1.807, 2.05) is 0 Å². The van der Waals surface area contributed by atoms with Gasteiger partial charge in [0.2, 0.25) is 0 Å². The molecule has 0 saturated heterocycles. The van der Waals surface area contributed by atoms with Gasteiger partial charge in [-0.3, -0.25) is 4.79 Å². The second-order valence-corrected chi connectivity index (χ2v) is 5.71. The standard InChI is InChI=1S/C13H5Cl5O/c14-7-4-10(16)12(11(17)5-7)6-1-2-9(15)8(3-6)13(18)19/h1-5H. The second-order valence-electron chi connectivity index (χ2n) is 3.71. The number of rotatable bonds is 2. The van der Waals surface area contributed by atoms with Crippen LogP contribution in [0.25, 0.3) is 11.1 Å². The van der Waals surface area contributed by atoms with E-state index in [0.29, 0.717) is 26.2 Å². The van der Waals surface area contributed by atoms with Crippen LogP contribution in [0.5, 0.6) is 0 Å². The molecular weight excluding hydrogens is 349 g/mol. The molecule has 0 atom stereocenters. The van der Waals surface area contributed by atoms with Gasteiger partial charge in [0.05, 0.1) is 20.6 Å². The molecule has 0 N–H and O–H groups in total. The number of hydrogen-bond donors (Lipinski definition) is 0. The molecule has 0 spiro atoms. The van der Waals surface area contributed by atoms with Crippen LogP contribution < -0.4 is 0 Å². The molecule has 0 unspecified atom stereocenters. The number of halogens is 5. The molecule has 0 amide bonds. The van der Waals surface area contributed by atoms with Gasteiger partial charge >= 0.3 is 0 Å². The molecular formula is C13H5Cl5O. The quantitative estimate of drug-likeness (QED) is 0.575. The third-order valence-electron chi connectivity index (χ3n) is 2.47. The maximum absolute atomic E-state index is 11.3. The lowest BCUT2D eigenvalue weighted by Gasteiger charge is -2.09. The first-order valence-electron chi connectivity index (χ1n) is 5.04. The predicted molar refractivity (Wildman–Crippen MR) is 82.1 cm³/mol. The minimum absolute atomic E-state index is 0.197. The normalized spacial score (nSPS) is 10.6. The van der Waals surface area contributed by atoms with Crippen LogP contribution in [0, 0.1) is 0 Å². The van der Waals surface area contributed by atoms with Crippen molar-refractivity contribution in [1.82, 2.24) is 0 Å². The Hall–Kier alpha value is -0.440. The summed E-state index contributed by atoms with van der Waals surface area (Å²) >= 11 is 29.4. The first-order valence-corrected chi connectivity index (χ1v) is 6.93. The largest absolute Gasteiger partial charge is 0.276 e. The van der Waals surface area contributed by atoms with Crippen molar-refractivity contribution in [3.63, 3.8) is 0 Å². The summed E-state index contributed by atoms with van der Waals surface area (Å²) < 4.78 is 0. The highest BCUT2D eigenvalue weighted by molar-refractivity contribution is 6.68. The topological polar surface area (TPSA) is 17.1 Å². The summed E-state index contributed by atoms with van der Waals surface area (Å²) in [5.41, 5.74) is 1.41. The average molecular weight is 354 g/mol. The van der Waals surface area contributed by atoms with Crippen molar-refractivity contribution in [1.29, 1.82) is 0 Å². The minimum Gasteiger partial charge on any atom is -0.276 e. The summed E-state index contributed by atoms with van der Waals surface area (Å²) in [5, 5.41) is 0.819. The first kappa shape index (κ1) is 15.0. The van der Waals surface area contributed by atoms with Crippen LogP contribution in [0.3, 0.4) is 0 Å². The Labute approximate surface area is 135 Å². The molecule has 0 aliphatic rings. The fourth-order valence-electron chi connectivity index (χ4n) is 1.65. The number of carbonyl (C=O) groups is 1. The Balaban J connectivity index is 2.66. The summed E-state index contributed by atoms with van der Waals surface area (Å²) in [6, 6.07) is 7.95. The van der Waals surface area contributed by atoms with Gasteiger partial charge in [-0.25, -0.2) is 0 Å². The molecule has 2 aromatic rings. The van der Waals surface area contributed by atoms with Crippen molar-refractivity contribution in [3.8, 4) is 11.1 Å². The molecule has 0 saturated carbocycles. The van der Waals surface area contributed by atoms with Crippen LogP contribution in [0.1, 0.15) is 10.4 Å². The van der Waals surface area contributed by atoms with Crippen molar-refractivity contribution >= 4 is 63.2 Å². The Morgan fingerprint density at radius 2 is 1.42 bits per heavy atom. The van der Waals surface area contributed by atoms with E-state index in [-0.39, 0.29) is 10.6 Å². The highest BCUT2D eigenvalue weighted by Crippen LogP contribution is 2.38. The van der Waals surface area contributed by atoms with Gasteiger partial charge in [-0.1, -0.05) is 52.5 Å². The molecule has 0 bridgehead atoms. The Bertz CT molecular complexity index is 643.